The van der Waals surface area contributed by atoms with Crippen molar-refractivity contribution in [2.45, 2.75) is 31.7 Å². The molecule has 0 atom stereocenters. The van der Waals surface area contributed by atoms with Gasteiger partial charge in [0, 0.05) is 25.6 Å². The van der Waals surface area contributed by atoms with Crippen LogP contribution in [0, 0.1) is 5.82 Å². The molecule has 1 saturated carbocycles. The number of amides is 4. The monoisotopic (exact) mass is 496 g/mol. The number of rotatable bonds is 9. The number of halogens is 2. The molecule has 1 aliphatic rings. The van der Waals surface area contributed by atoms with Crippen molar-refractivity contribution in [2.24, 2.45) is 5.73 Å². The summed E-state index contributed by atoms with van der Waals surface area (Å²) < 4.78 is 15.2. The molecule has 3 rings (SSSR count). The van der Waals surface area contributed by atoms with Gasteiger partial charge in [0.2, 0.25) is 5.91 Å². The van der Waals surface area contributed by atoms with E-state index in [1.807, 2.05) is 11.4 Å². The average molecular weight is 497 g/mol. The molecule has 2 aromatic rings. The number of nitrogens with two attached hydrogens (primary N) is 1. The molecule has 160 valence electrons. The maximum Gasteiger partial charge on any atom is 0.316 e. The topological polar surface area (TPSA) is 105 Å². The molecule has 30 heavy (non-hydrogen) atoms. The Hall–Kier alpha value is -2.46. The molecule has 1 aromatic heterocycles. The molecule has 4 amide bonds. The molecule has 1 fully saturated rings. The third-order valence-corrected chi connectivity index (χ3v) is 6.56. The number of urea groups is 1. The second-order valence-electron chi connectivity index (χ2n) is 6.95. The van der Waals surface area contributed by atoms with Crippen LogP contribution in [0.25, 0.3) is 0 Å². The molecular weight excluding hydrogens is 475 g/mol. The molecule has 0 spiro atoms. The molecule has 1 aliphatic carbocycles. The minimum atomic E-state index is -0.891. The Morgan fingerprint density at radius 2 is 2.03 bits per heavy atom. The number of hydrogen-bond donors (Lipinski definition) is 3. The van der Waals surface area contributed by atoms with Gasteiger partial charge in [-0.15, -0.1) is 11.3 Å². The van der Waals surface area contributed by atoms with Crippen molar-refractivity contribution in [3.63, 3.8) is 0 Å². The highest BCUT2D eigenvalue weighted by Crippen LogP contribution is 2.29. The lowest BCUT2D eigenvalue weighted by molar-refractivity contribution is -0.131. The minimum absolute atomic E-state index is 0.00327. The fourth-order valence-corrected chi connectivity index (χ4v) is 4.48. The molecule has 1 aromatic carbocycles. The number of hydrogen-bond acceptors (Lipinski definition) is 4. The van der Waals surface area contributed by atoms with Crippen molar-refractivity contribution in [1.29, 1.82) is 0 Å². The molecule has 0 saturated heterocycles. The Balaban J connectivity index is 1.56. The first kappa shape index (κ1) is 22.2. The Labute approximate surface area is 185 Å². The van der Waals surface area contributed by atoms with E-state index in [0.29, 0.717) is 19.4 Å². The van der Waals surface area contributed by atoms with E-state index in [1.54, 1.807) is 16.2 Å². The van der Waals surface area contributed by atoms with E-state index in [2.05, 4.69) is 26.6 Å². The number of carbonyl (C=O) groups excluding carboxylic acids is 3. The van der Waals surface area contributed by atoms with Crippen LogP contribution >= 0.6 is 27.3 Å². The van der Waals surface area contributed by atoms with Gasteiger partial charge in [0.25, 0.3) is 5.91 Å². The molecule has 0 aliphatic heterocycles. The summed E-state index contributed by atoms with van der Waals surface area (Å²) in [5, 5.41) is 6.85. The first-order valence-electron chi connectivity index (χ1n) is 9.51. The number of benzene rings is 1. The Bertz CT molecular complexity index is 948. The maximum absolute atomic E-state index is 14.2. The number of thiophene rings is 1. The van der Waals surface area contributed by atoms with E-state index in [1.165, 1.54) is 12.1 Å². The van der Waals surface area contributed by atoms with Crippen LogP contribution in [0.5, 0.6) is 0 Å². The first-order chi connectivity index (χ1) is 14.4. The lowest BCUT2D eigenvalue weighted by Crippen LogP contribution is -2.40. The third kappa shape index (κ3) is 5.79. The number of anilines is 1. The molecule has 7 nitrogen and oxygen atoms in total. The Morgan fingerprint density at radius 3 is 2.67 bits per heavy atom. The van der Waals surface area contributed by atoms with Crippen molar-refractivity contribution < 1.29 is 18.8 Å². The van der Waals surface area contributed by atoms with Crippen LogP contribution in [-0.4, -0.2) is 41.9 Å². The second-order valence-corrected chi connectivity index (χ2v) is 9.18. The van der Waals surface area contributed by atoms with Gasteiger partial charge in [0.15, 0.2) is 0 Å². The SMILES string of the molecule is NC(=O)Nc1cccc(F)c1C(=O)NCCN(C(=O)CCc1ccsc1Br)C1CC1. The number of nitrogens with zero attached hydrogens (tertiary/aromatic N) is 1. The minimum Gasteiger partial charge on any atom is -0.351 e. The van der Waals surface area contributed by atoms with E-state index in [9.17, 15) is 18.8 Å². The lowest BCUT2D eigenvalue weighted by atomic mass is 10.1. The van der Waals surface area contributed by atoms with Crippen LogP contribution in [0.4, 0.5) is 14.9 Å². The van der Waals surface area contributed by atoms with Crippen molar-refractivity contribution >= 4 is 50.8 Å². The summed E-state index contributed by atoms with van der Waals surface area (Å²) >= 11 is 5.07. The lowest BCUT2D eigenvalue weighted by Gasteiger charge is -2.23. The van der Waals surface area contributed by atoms with Gasteiger partial charge in [0.1, 0.15) is 5.82 Å². The number of aryl methyl sites for hydroxylation is 1. The molecule has 4 N–H and O–H groups in total. The summed E-state index contributed by atoms with van der Waals surface area (Å²) in [7, 11) is 0. The number of carbonyl (C=O) groups is 3. The van der Waals surface area contributed by atoms with Gasteiger partial charge in [-0.2, -0.15) is 0 Å². The highest BCUT2D eigenvalue weighted by molar-refractivity contribution is 9.11. The van der Waals surface area contributed by atoms with Crippen LogP contribution in [-0.2, 0) is 11.2 Å². The summed E-state index contributed by atoms with van der Waals surface area (Å²) in [4.78, 5) is 38.0. The highest BCUT2D eigenvalue weighted by atomic mass is 79.9. The molecule has 1 heterocycles. The Morgan fingerprint density at radius 1 is 1.27 bits per heavy atom. The van der Waals surface area contributed by atoms with Crippen molar-refractivity contribution in [2.75, 3.05) is 18.4 Å². The normalized spacial score (nSPS) is 13.0. The van der Waals surface area contributed by atoms with Crippen molar-refractivity contribution in [1.82, 2.24) is 10.2 Å². The predicted octanol–water partition coefficient (Wildman–Crippen LogP) is 3.49. The molecule has 0 radical (unpaired) electrons. The molecular formula is C20H22BrFN4O3S. The van der Waals surface area contributed by atoms with E-state index in [0.717, 1.165) is 28.3 Å². The van der Waals surface area contributed by atoms with E-state index < -0.39 is 17.8 Å². The predicted molar refractivity (Wildman–Crippen MR) is 117 cm³/mol. The largest absolute Gasteiger partial charge is 0.351 e. The highest BCUT2D eigenvalue weighted by Gasteiger charge is 2.32. The van der Waals surface area contributed by atoms with Gasteiger partial charge in [-0.25, -0.2) is 9.18 Å². The van der Waals surface area contributed by atoms with Crippen LogP contribution in [0.3, 0.4) is 0 Å². The molecule has 10 heteroatoms. The van der Waals surface area contributed by atoms with Crippen LogP contribution in [0.1, 0.15) is 35.2 Å². The van der Waals surface area contributed by atoms with E-state index in [4.69, 9.17) is 5.73 Å². The fraction of sp³-hybridized carbons (Fsp3) is 0.350. The van der Waals surface area contributed by atoms with Gasteiger partial charge in [-0.1, -0.05) is 6.07 Å². The zero-order valence-corrected chi connectivity index (χ0v) is 18.5. The van der Waals surface area contributed by atoms with Crippen LogP contribution in [0.15, 0.2) is 33.4 Å². The maximum atomic E-state index is 14.2. The summed E-state index contributed by atoms with van der Waals surface area (Å²) in [5.74, 6) is -1.41. The zero-order valence-electron chi connectivity index (χ0n) is 16.1. The summed E-state index contributed by atoms with van der Waals surface area (Å²) in [5.41, 5.74) is 5.89. The van der Waals surface area contributed by atoms with Gasteiger partial charge in [0.05, 0.1) is 15.0 Å². The van der Waals surface area contributed by atoms with Crippen LogP contribution in [0.2, 0.25) is 0 Å². The standard InChI is InChI=1S/C20H22BrFN4O3S/c21-18-12(8-11-30-18)4-7-16(27)26(13-5-6-13)10-9-24-19(28)17-14(22)2-1-3-15(17)25-20(23)29/h1-3,8,11,13H,4-7,9-10H2,(H,24,28)(H3,23,25,29). The average Bonchev–Trinajstić information content (AvgIpc) is 3.44. The molecule has 0 unspecified atom stereocenters. The van der Waals surface area contributed by atoms with E-state index in [-0.39, 0.29) is 29.7 Å². The molecule has 0 bridgehead atoms. The summed E-state index contributed by atoms with van der Waals surface area (Å²) in [6.07, 6.45) is 2.93. The first-order valence-corrected chi connectivity index (χ1v) is 11.2. The number of nitrogens with one attached hydrogen (secondary N) is 2. The fourth-order valence-electron chi connectivity index (χ4n) is 3.15. The summed E-state index contributed by atoms with van der Waals surface area (Å²) in [6.45, 7) is 0.515. The van der Waals surface area contributed by atoms with Crippen molar-refractivity contribution in [3.8, 4) is 0 Å². The van der Waals surface area contributed by atoms with Crippen molar-refractivity contribution in [3.05, 3.63) is 50.4 Å². The number of primary amides is 1. The van der Waals surface area contributed by atoms with Gasteiger partial charge < -0.3 is 21.3 Å². The third-order valence-electron chi connectivity index (χ3n) is 4.75. The second kappa shape index (κ2) is 10.0. The van der Waals surface area contributed by atoms with Crippen LogP contribution < -0.4 is 16.4 Å². The quantitative estimate of drug-likeness (QED) is 0.494. The van der Waals surface area contributed by atoms with Gasteiger partial charge in [-0.3, -0.25) is 9.59 Å². The van der Waals surface area contributed by atoms with E-state index >= 15 is 0 Å². The van der Waals surface area contributed by atoms with Gasteiger partial charge >= 0.3 is 6.03 Å². The van der Waals surface area contributed by atoms with Gasteiger partial charge in [-0.05, 0) is 64.3 Å². The Kier molecular flexibility index (Phi) is 7.43. The smallest absolute Gasteiger partial charge is 0.316 e. The zero-order chi connectivity index (χ0) is 21.7. The summed E-state index contributed by atoms with van der Waals surface area (Å²) in [6, 6.07) is 5.19.